The molecule has 0 radical (unpaired) electrons. The molecule has 2 aliphatic heterocycles. The molecule has 3 fully saturated rings. The Hall–Kier alpha value is -0.570. The van der Waals surface area contributed by atoms with Crippen molar-refractivity contribution < 1.29 is 4.79 Å². The second-order valence-electron chi connectivity index (χ2n) is 7.76. The summed E-state index contributed by atoms with van der Waals surface area (Å²) in [5.74, 6) is 1.12. The van der Waals surface area contributed by atoms with E-state index < -0.39 is 0 Å². The Bertz CT molecular complexity index is 336. The molecular weight excluding hydrogens is 260 g/mol. The van der Waals surface area contributed by atoms with Crippen molar-refractivity contribution in [3.63, 3.8) is 0 Å². The third-order valence-electron chi connectivity index (χ3n) is 6.01. The van der Waals surface area contributed by atoms with Crippen molar-refractivity contribution >= 4 is 5.91 Å². The van der Waals surface area contributed by atoms with Crippen LogP contribution in [0.2, 0.25) is 0 Å². The van der Waals surface area contributed by atoms with E-state index in [0.29, 0.717) is 17.2 Å². The number of piperidine rings is 2. The maximum Gasteiger partial charge on any atom is 0.222 e. The molecule has 1 saturated carbocycles. The average Bonchev–Trinajstić information content (AvgIpc) is 2.77. The molecule has 0 aromatic heterocycles. The molecule has 1 atom stereocenters. The molecule has 1 aliphatic carbocycles. The zero-order valence-corrected chi connectivity index (χ0v) is 13.5. The third kappa shape index (κ3) is 4.00. The van der Waals surface area contributed by atoms with Crippen LogP contribution < -0.4 is 5.32 Å². The van der Waals surface area contributed by atoms with E-state index >= 15 is 0 Å². The van der Waals surface area contributed by atoms with Gasteiger partial charge in [0.15, 0.2) is 0 Å². The van der Waals surface area contributed by atoms with Crippen LogP contribution in [0.5, 0.6) is 0 Å². The lowest BCUT2D eigenvalue weighted by Gasteiger charge is -2.45. The molecule has 3 heteroatoms. The fraction of sp³-hybridized carbons (Fsp3) is 0.944. The number of nitrogens with zero attached hydrogens (tertiary/aromatic N) is 1. The van der Waals surface area contributed by atoms with Gasteiger partial charge < -0.3 is 10.2 Å². The lowest BCUT2D eigenvalue weighted by molar-refractivity contribution is -0.136. The second-order valence-corrected chi connectivity index (χ2v) is 7.76. The lowest BCUT2D eigenvalue weighted by Crippen LogP contribution is -2.52. The predicted octanol–water partition coefficient (Wildman–Crippen LogP) is 3.34. The largest absolute Gasteiger partial charge is 0.342 e. The number of nitrogens with one attached hydrogen (secondary N) is 1. The number of carbonyl (C=O) groups is 1. The van der Waals surface area contributed by atoms with E-state index in [4.69, 9.17) is 0 Å². The summed E-state index contributed by atoms with van der Waals surface area (Å²) in [6.07, 6.45) is 13.9. The normalized spacial score (nSPS) is 32.1. The molecule has 0 aromatic rings. The minimum atomic E-state index is 0.398. The standard InChI is InChI=1S/C18H32N2O/c21-17(13-16-7-3-1-2-4-8-16)20-12-6-10-18(15-20)9-5-11-19-14-18/h16,19H,1-15H2. The fourth-order valence-electron chi connectivity index (χ4n) is 4.74. The summed E-state index contributed by atoms with van der Waals surface area (Å²) >= 11 is 0. The second kappa shape index (κ2) is 7.13. The molecule has 2 heterocycles. The molecule has 3 aliphatic rings. The molecular formula is C18H32N2O. The first-order valence-corrected chi connectivity index (χ1v) is 9.26. The van der Waals surface area contributed by atoms with Gasteiger partial charge in [0.25, 0.3) is 0 Å². The van der Waals surface area contributed by atoms with Crippen LogP contribution in [0.25, 0.3) is 0 Å². The van der Waals surface area contributed by atoms with Crippen LogP contribution >= 0.6 is 0 Å². The molecule has 1 N–H and O–H groups in total. The van der Waals surface area contributed by atoms with Crippen LogP contribution in [-0.2, 0) is 4.79 Å². The molecule has 0 bridgehead atoms. The highest BCUT2D eigenvalue weighted by Crippen LogP contribution is 2.36. The van der Waals surface area contributed by atoms with E-state index in [1.54, 1.807) is 0 Å². The smallest absolute Gasteiger partial charge is 0.222 e. The van der Waals surface area contributed by atoms with Gasteiger partial charge in [0.1, 0.15) is 0 Å². The Kier molecular flexibility index (Phi) is 5.20. The maximum absolute atomic E-state index is 12.7. The van der Waals surface area contributed by atoms with Gasteiger partial charge >= 0.3 is 0 Å². The van der Waals surface area contributed by atoms with Crippen molar-refractivity contribution in [1.82, 2.24) is 10.2 Å². The SMILES string of the molecule is O=C(CC1CCCCCC1)N1CCCC2(CCCNC2)C1. The highest BCUT2D eigenvalue weighted by molar-refractivity contribution is 5.76. The summed E-state index contributed by atoms with van der Waals surface area (Å²) in [6, 6.07) is 0. The Balaban J connectivity index is 1.53. The van der Waals surface area contributed by atoms with Crippen molar-refractivity contribution in [2.24, 2.45) is 11.3 Å². The molecule has 3 nitrogen and oxygen atoms in total. The lowest BCUT2D eigenvalue weighted by atomic mass is 9.74. The minimum Gasteiger partial charge on any atom is -0.342 e. The minimum absolute atomic E-state index is 0.398. The summed E-state index contributed by atoms with van der Waals surface area (Å²) < 4.78 is 0. The van der Waals surface area contributed by atoms with Crippen molar-refractivity contribution in [3.8, 4) is 0 Å². The van der Waals surface area contributed by atoms with Crippen molar-refractivity contribution in [2.45, 2.75) is 70.6 Å². The summed E-state index contributed by atoms with van der Waals surface area (Å²) in [5.41, 5.74) is 0.398. The van der Waals surface area contributed by atoms with Crippen LogP contribution in [0.1, 0.15) is 70.6 Å². The van der Waals surface area contributed by atoms with Crippen LogP contribution in [0.4, 0.5) is 0 Å². The van der Waals surface area contributed by atoms with Gasteiger partial charge in [0, 0.05) is 31.5 Å². The fourth-order valence-corrected chi connectivity index (χ4v) is 4.74. The van der Waals surface area contributed by atoms with E-state index in [9.17, 15) is 4.79 Å². The highest BCUT2D eigenvalue weighted by Gasteiger charge is 2.38. The summed E-state index contributed by atoms with van der Waals surface area (Å²) in [7, 11) is 0. The van der Waals surface area contributed by atoms with E-state index in [1.807, 2.05) is 0 Å². The summed E-state index contributed by atoms with van der Waals surface area (Å²) in [4.78, 5) is 14.9. The molecule has 3 rings (SSSR count). The van der Waals surface area contributed by atoms with Gasteiger partial charge in [-0.2, -0.15) is 0 Å². The van der Waals surface area contributed by atoms with E-state index in [1.165, 1.54) is 64.2 Å². The topological polar surface area (TPSA) is 32.3 Å². The first-order chi connectivity index (χ1) is 10.3. The molecule has 1 spiro atoms. The third-order valence-corrected chi connectivity index (χ3v) is 6.01. The monoisotopic (exact) mass is 292 g/mol. The first-order valence-electron chi connectivity index (χ1n) is 9.26. The molecule has 120 valence electrons. The number of carbonyl (C=O) groups excluding carboxylic acids is 1. The highest BCUT2D eigenvalue weighted by atomic mass is 16.2. The maximum atomic E-state index is 12.7. The van der Waals surface area contributed by atoms with Gasteiger partial charge in [-0.05, 0) is 51.0 Å². The zero-order valence-electron chi connectivity index (χ0n) is 13.5. The van der Waals surface area contributed by atoms with Crippen molar-refractivity contribution in [2.75, 3.05) is 26.2 Å². The Morgan fingerprint density at radius 2 is 1.81 bits per heavy atom. The average molecular weight is 292 g/mol. The van der Waals surface area contributed by atoms with Crippen LogP contribution in [0.15, 0.2) is 0 Å². The number of amides is 1. The van der Waals surface area contributed by atoms with Gasteiger partial charge in [0.05, 0.1) is 0 Å². The Morgan fingerprint density at radius 1 is 1.05 bits per heavy atom. The van der Waals surface area contributed by atoms with Crippen LogP contribution in [-0.4, -0.2) is 37.0 Å². The first kappa shape index (κ1) is 15.3. The number of hydrogen-bond acceptors (Lipinski definition) is 2. The summed E-state index contributed by atoms with van der Waals surface area (Å²) in [6.45, 7) is 4.32. The van der Waals surface area contributed by atoms with E-state index in [0.717, 1.165) is 32.6 Å². The van der Waals surface area contributed by atoms with Gasteiger partial charge in [-0.3, -0.25) is 4.79 Å². The predicted molar refractivity (Wildman–Crippen MR) is 86.2 cm³/mol. The molecule has 21 heavy (non-hydrogen) atoms. The van der Waals surface area contributed by atoms with Crippen LogP contribution in [0.3, 0.4) is 0 Å². The molecule has 1 amide bonds. The Labute approximate surface area is 129 Å². The molecule has 1 unspecified atom stereocenters. The van der Waals surface area contributed by atoms with Gasteiger partial charge in [0.2, 0.25) is 5.91 Å². The van der Waals surface area contributed by atoms with E-state index in [-0.39, 0.29) is 0 Å². The van der Waals surface area contributed by atoms with Gasteiger partial charge in [-0.1, -0.05) is 25.7 Å². The van der Waals surface area contributed by atoms with E-state index in [2.05, 4.69) is 10.2 Å². The summed E-state index contributed by atoms with van der Waals surface area (Å²) in [5, 5.41) is 3.56. The number of rotatable bonds is 2. The van der Waals surface area contributed by atoms with Crippen molar-refractivity contribution in [3.05, 3.63) is 0 Å². The van der Waals surface area contributed by atoms with Gasteiger partial charge in [-0.15, -0.1) is 0 Å². The molecule has 2 saturated heterocycles. The van der Waals surface area contributed by atoms with Crippen molar-refractivity contribution in [1.29, 1.82) is 0 Å². The van der Waals surface area contributed by atoms with Gasteiger partial charge in [-0.25, -0.2) is 0 Å². The van der Waals surface area contributed by atoms with Crippen LogP contribution in [0, 0.1) is 11.3 Å². The number of hydrogen-bond donors (Lipinski definition) is 1. The zero-order chi connectivity index (χ0) is 14.5. The quantitative estimate of drug-likeness (QED) is 0.792. The number of likely N-dealkylation sites (tertiary alicyclic amines) is 1. The Morgan fingerprint density at radius 3 is 2.52 bits per heavy atom. The molecule has 0 aromatic carbocycles.